The molecule has 0 bridgehead atoms. The topological polar surface area (TPSA) is 294 Å². The second-order valence-electron chi connectivity index (χ2n) is 21.9. The highest BCUT2D eigenvalue weighted by Gasteiger charge is 2.30. The lowest BCUT2D eigenvalue weighted by molar-refractivity contribution is -0.137. The molecule has 8 aromatic heterocycles. The van der Waals surface area contributed by atoms with Gasteiger partial charge in [0.1, 0.15) is 5.82 Å². The molecule has 8 heterocycles. The summed E-state index contributed by atoms with van der Waals surface area (Å²) >= 11 is 0. The number of halogens is 4. The molecule has 100 heavy (non-hydrogen) atoms. The molecular weight excluding hydrogens is 1300 g/mol. The molecule has 0 saturated heterocycles. The second kappa shape index (κ2) is 29.1. The van der Waals surface area contributed by atoms with E-state index >= 15 is 0 Å². The number of carboxylic acid groups (broad SMARTS) is 5. The Morgan fingerprint density at radius 2 is 0.790 bits per heavy atom. The van der Waals surface area contributed by atoms with Crippen LogP contribution in [0.5, 0.6) is 11.8 Å². The maximum absolute atomic E-state index is 13.2. The highest BCUT2D eigenvalue weighted by Crippen LogP contribution is 2.31. The minimum absolute atomic E-state index is 0.125. The van der Waals surface area contributed by atoms with Gasteiger partial charge in [0.15, 0.2) is 0 Å². The fraction of sp³-hybridized carbons (Fsp3) is 0.0541. The average molecular weight is 1350 g/mol. The number of carbonyl (C=O) groups is 5. The molecule has 26 heteroatoms. The first-order valence-electron chi connectivity index (χ1n) is 29.9. The molecule has 0 aliphatic carbocycles. The van der Waals surface area contributed by atoms with E-state index in [1.165, 1.54) is 53.3 Å². The van der Waals surface area contributed by atoms with Crippen molar-refractivity contribution >= 4 is 84.4 Å². The summed E-state index contributed by atoms with van der Waals surface area (Å²) in [5.41, 5.74) is 9.42. The smallest absolute Gasteiger partial charge is 0.416 e. The normalized spacial score (nSPS) is 10.9. The zero-order valence-electron chi connectivity index (χ0n) is 52.7. The standard InChI is InChI=1S/C15H9F3N2O2.2C15H12N2O3.C15H12N2O2.C14H9FN2O2/c16-15(17,18)11-2-4-12(5-3-11)20-13-6-1-9(14(21)22)7-10(13)8-19-20;1-20-14-5-3-12(9-16-14)17-7-6-10-8-11(15(18)19)2-4-13(10)17;1-20-14-9-12(4-6-16-14)17-7-5-10-8-11(15(18)19)2-3-13(10)17;1-10-2-4-13(9-16-10)17-7-6-11-8-12(15(18)19)3-5-14(11)17;15-11-2-1-3-12(7-11)17-13-5-4-9(14(18)19)6-10(13)8-16-17/h1-8H,(H,21,22);2*2-9H,1H3,(H,18,19);2-9H,1H3,(H,18,19);1-8H,(H,18,19). The monoisotopic (exact) mass is 1350 g/mol. The highest BCUT2D eigenvalue weighted by molar-refractivity contribution is 5.97. The number of hydrogen-bond donors (Lipinski definition) is 5. The van der Waals surface area contributed by atoms with Crippen molar-refractivity contribution in [3.63, 3.8) is 0 Å². The van der Waals surface area contributed by atoms with Gasteiger partial charge in [-0.2, -0.15) is 23.4 Å². The Kier molecular flexibility index (Phi) is 19.7. The molecular formula is C74H54F4N10O12. The van der Waals surface area contributed by atoms with Crippen LogP contribution in [-0.2, 0) is 6.18 Å². The molecule has 15 aromatic rings. The lowest BCUT2D eigenvalue weighted by Gasteiger charge is -2.08. The molecule has 0 aliphatic heterocycles. The number of fused-ring (bicyclic) bond motifs is 5. The number of benzene rings is 7. The molecule has 0 unspecified atom stereocenters. The first kappa shape index (κ1) is 67.6. The molecule has 0 fully saturated rings. The van der Waals surface area contributed by atoms with Crippen LogP contribution in [0.4, 0.5) is 17.6 Å². The maximum Gasteiger partial charge on any atom is 0.416 e. The van der Waals surface area contributed by atoms with Gasteiger partial charge < -0.3 is 48.7 Å². The van der Waals surface area contributed by atoms with Crippen LogP contribution in [0.15, 0.2) is 244 Å². The summed E-state index contributed by atoms with van der Waals surface area (Å²) in [5.74, 6) is -4.06. The molecule has 0 radical (unpaired) electrons. The number of ether oxygens (including phenoxy) is 2. The van der Waals surface area contributed by atoms with Gasteiger partial charge in [0, 0.05) is 69.5 Å². The molecule has 0 atom stereocenters. The first-order chi connectivity index (χ1) is 48.0. The molecule has 0 amide bonds. The number of rotatable bonds is 12. The maximum atomic E-state index is 13.2. The van der Waals surface area contributed by atoms with Crippen molar-refractivity contribution in [2.24, 2.45) is 0 Å². The predicted octanol–water partition coefficient (Wildman–Crippen LogP) is 15.1. The van der Waals surface area contributed by atoms with E-state index in [2.05, 4.69) is 25.1 Å². The zero-order valence-corrected chi connectivity index (χ0v) is 52.7. The Hall–Kier alpha value is -13.8. The van der Waals surface area contributed by atoms with Crippen molar-refractivity contribution in [3.8, 4) is 40.2 Å². The number of pyridine rings is 3. The number of aryl methyl sites for hydroxylation is 1. The van der Waals surface area contributed by atoms with Crippen LogP contribution >= 0.6 is 0 Å². The van der Waals surface area contributed by atoms with Crippen LogP contribution in [0.25, 0.3) is 83.0 Å². The summed E-state index contributed by atoms with van der Waals surface area (Å²) in [5, 5.41) is 57.1. The fourth-order valence-electron chi connectivity index (χ4n) is 10.5. The number of carboxylic acids is 5. The Morgan fingerprint density at radius 3 is 1.19 bits per heavy atom. The van der Waals surface area contributed by atoms with Gasteiger partial charge in [-0.1, -0.05) is 6.07 Å². The van der Waals surface area contributed by atoms with Gasteiger partial charge in [0.2, 0.25) is 11.8 Å². The van der Waals surface area contributed by atoms with E-state index in [4.69, 9.17) is 35.0 Å². The van der Waals surface area contributed by atoms with Crippen molar-refractivity contribution in [2.75, 3.05) is 14.2 Å². The van der Waals surface area contributed by atoms with E-state index < -0.39 is 41.6 Å². The van der Waals surface area contributed by atoms with Crippen molar-refractivity contribution < 1.29 is 76.5 Å². The van der Waals surface area contributed by atoms with Crippen LogP contribution in [0.1, 0.15) is 63.0 Å². The number of nitrogens with zero attached hydrogens (tertiary/aromatic N) is 10. The van der Waals surface area contributed by atoms with E-state index in [9.17, 15) is 41.5 Å². The van der Waals surface area contributed by atoms with Crippen LogP contribution in [0.3, 0.4) is 0 Å². The predicted molar refractivity (Wildman–Crippen MR) is 363 cm³/mol. The molecule has 22 nitrogen and oxygen atoms in total. The third-order valence-corrected chi connectivity index (χ3v) is 15.5. The fourth-order valence-corrected chi connectivity index (χ4v) is 10.5. The third kappa shape index (κ3) is 15.1. The summed E-state index contributed by atoms with van der Waals surface area (Å²) in [6, 6.07) is 52.0. The largest absolute Gasteiger partial charge is 0.481 e. The van der Waals surface area contributed by atoms with Crippen LogP contribution in [0.2, 0.25) is 0 Å². The second-order valence-corrected chi connectivity index (χ2v) is 21.9. The van der Waals surface area contributed by atoms with E-state index in [0.717, 1.165) is 73.1 Å². The third-order valence-electron chi connectivity index (χ3n) is 15.5. The summed E-state index contributed by atoms with van der Waals surface area (Å²) in [6.45, 7) is 1.94. The van der Waals surface area contributed by atoms with Gasteiger partial charge in [-0.3, -0.25) is 4.98 Å². The first-order valence-corrected chi connectivity index (χ1v) is 29.9. The SMILES string of the molecule is COc1cc(-n2ccc3cc(C(=O)O)ccc32)ccn1.COc1ccc(-n2ccc3cc(C(=O)O)ccc32)cn1.Cc1ccc(-n2ccc3cc(C(=O)O)ccc32)cn1.O=C(O)c1ccc2c(cnn2-c2ccc(C(F)(F)F)cc2)c1.O=C(O)c1ccc2c(cnn2-c2cccc(F)c2)c1. The van der Waals surface area contributed by atoms with E-state index in [1.807, 2.05) is 93.8 Å². The lowest BCUT2D eigenvalue weighted by Crippen LogP contribution is -2.05. The lowest BCUT2D eigenvalue weighted by atomic mass is 10.1. The van der Waals surface area contributed by atoms with Gasteiger partial charge >= 0.3 is 36.0 Å². The molecule has 500 valence electrons. The summed E-state index contributed by atoms with van der Waals surface area (Å²) in [6.07, 6.45) is 9.54. The van der Waals surface area contributed by atoms with Gasteiger partial charge in [-0.05, 0) is 183 Å². The average Bonchev–Trinajstić information content (AvgIpc) is 1.64. The van der Waals surface area contributed by atoms with Crippen molar-refractivity contribution in [2.45, 2.75) is 13.1 Å². The minimum Gasteiger partial charge on any atom is -0.481 e. The minimum atomic E-state index is -4.39. The van der Waals surface area contributed by atoms with Crippen molar-refractivity contribution in [3.05, 3.63) is 289 Å². The van der Waals surface area contributed by atoms with E-state index in [1.54, 1.807) is 129 Å². The van der Waals surface area contributed by atoms with Gasteiger partial charge in [0.25, 0.3) is 0 Å². The quantitative estimate of drug-likeness (QED) is 0.0710. The van der Waals surface area contributed by atoms with Crippen LogP contribution in [0, 0.1) is 12.7 Å². The molecule has 5 N–H and O–H groups in total. The summed E-state index contributed by atoms with van der Waals surface area (Å²) < 4.78 is 70.0. The molecule has 7 aromatic carbocycles. The van der Waals surface area contributed by atoms with E-state index in [0.29, 0.717) is 45.0 Å². The van der Waals surface area contributed by atoms with Gasteiger partial charge in [-0.25, -0.2) is 47.7 Å². The number of alkyl halides is 3. The molecule has 15 rings (SSSR count). The highest BCUT2D eigenvalue weighted by atomic mass is 19.4. The molecule has 0 aliphatic rings. The van der Waals surface area contributed by atoms with Crippen molar-refractivity contribution in [1.82, 2.24) is 48.2 Å². The van der Waals surface area contributed by atoms with Gasteiger partial charge in [-0.15, -0.1) is 0 Å². The molecule has 0 spiro atoms. The number of aromatic carboxylic acids is 5. The van der Waals surface area contributed by atoms with Gasteiger partial charge in [0.05, 0.1) is 128 Å². The van der Waals surface area contributed by atoms with Crippen LogP contribution in [-0.4, -0.2) is 118 Å². The Balaban J connectivity index is 0.000000126. The Morgan fingerprint density at radius 1 is 0.380 bits per heavy atom. The van der Waals surface area contributed by atoms with Crippen molar-refractivity contribution in [1.29, 1.82) is 0 Å². The summed E-state index contributed by atoms with van der Waals surface area (Å²) in [4.78, 5) is 67.2. The van der Waals surface area contributed by atoms with E-state index in [-0.39, 0.29) is 28.1 Å². The zero-order chi connectivity index (χ0) is 70.9. The summed E-state index contributed by atoms with van der Waals surface area (Å²) in [7, 11) is 3.14. The molecule has 0 saturated carbocycles. The Labute approximate surface area is 562 Å². The number of hydrogen-bond acceptors (Lipinski definition) is 12. The number of methoxy groups -OCH3 is 2. The number of aromatic nitrogens is 10. The van der Waals surface area contributed by atoms with Crippen LogP contribution < -0.4 is 9.47 Å². The Bertz CT molecular complexity index is 5550.